The largest absolute Gasteiger partial charge is 0.481 e. The van der Waals surface area contributed by atoms with Crippen LogP contribution in [0.1, 0.15) is 42.7 Å². The molecule has 0 unspecified atom stereocenters. The number of nitrogens with one attached hydrogen (secondary N) is 1. The monoisotopic (exact) mass is 448 g/mol. The fourth-order valence-corrected chi connectivity index (χ4v) is 5.36. The Kier molecular flexibility index (Phi) is 5.79. The van der Waals surface area contributed by atoms with Crippen LogP contribution in [0.5, 0.6) is 0 Å². The highest BCUT2D eigenvalue weighted by Crippen LogP contribution is 2.44. The fourth-order valence-electron chi connectivity index (χ4n) is 5.36. The van der Waals surface area contributed by atoms with E-state index in [1.807, 2.05) is 24.3 Å². The Morgan fingerprint density at radius 1 is 0.879 bits per heavy atom. The molecule has 2 aromatic carbocycles. The number of benzene rings is 2. The lowest BCUT2D eigenvalue weighted by atomic mass is 9.84. The molecule has 1 saturated heterocycles. The average Bonchev–Trinajstić information content (AvgIpc) is 3.11. The third-order valence-electron chi connectivity index (χ3n) is 7.28. The van der Waals surface area contributed by atoms with Crippen molar-refractivity contribution >= 4 is 18.0 Å². The van der Waals surface area contributed by atoms with E-state index in [1.54, 1.807) is 4.90 Å². The van der Waals surface area contributed by atoms with Crippen LogP contribution in [-0.2, 0) is 14.3 Å². The number of alkyl carbamates (subject to hydrolysis) is 1. The first-order chi connectivity index (χ1) is 16.0. The number of amides is 2. The number of aliphatic carboxylic acids is 1. The Balaban J connectivity index is 1.10. The summed E-state index contributed by atoms with van der Waals surface area (Å²) in [6.07, 6.45) is 2.41. The van der Waals surface area contributed by atoms with E-state index < -0.39 is 18.0 Å². The quantitative estimate of drug-likeness (QED) is 0.728. The molecule has 7 heteroatoms. The van der Waals surface area contributed by atoms with Gasteiger partial charge in [0.25, 0.3) is 0 Å². The number of hydrogen-bond acceptors (Lipinski definition) is 4. The van der Waals surface area contributed by atoms with E-state index in [4.69, 9.17) is 9.84 Å². The van der Waals surface area contributed by atoms with E-state index in [2.05, 4.69) is 29.6 Å². The molecule has 7 nitrogen and oxygen atoms in total. The molecule has 2 aliphatic carbocycles. The van der Waals surface area contributed by atoms with Gasteiger partial charge in [-0.1, -0.05) is 48.5 Å². The smallest absolute Gasteiger partial charge is 0.407 e. The summed E-state index contributed by atoms with van der Waals surface area (Å²) in [5.74, 6) is -1.27. The number of likely N-dealkylation sites (tertiary alicyclic amines) is 1. The van der Waals surface area contributed by atoms with E-state index in [1.165, 1.54) is 22.3 Å². The third kappa shape index (κ3) is 4.19. The Labute approximate surface area is 192 Å². The summed E-state index contributed by atoms with van der Waals surface area (Å²) in [5.41, 5.74) is 4.76. The van der Waals surface area contributed by atoms with Crippen molar-refractivity contribution in [2.24, 2.45) is 11.8 Å². The van der Waals surface area contributed by atoms with Crippen LogP contribution in [0.2, 0.25) is 0 Å². The second-order valence-corrected chi connectivity index (χ2v) is 9.30. The van der Waals surface area contributed by atoms with E-state index >= 15 is 0 Å². The lowest BCUT2D eigenvalue weighted by Crippen LogP contribution is -2.55. The van der Waals surface area contributed by atoms with Crippen molar-refractivity contribution in [2.45, 2.75) is 37.6 Å². The number of carbonyl (C=O) groups is 3. The van der Waals surface area contributed by atoms with Crippen molar-refractivity contribution < 1.29 is 24.2 Å². The molecule has 33 heavy (non-hydrogen) atoms. The summed E-state index contributed by atoms with van der Waals surface area (Å²) in [7, 11) is 0. The van der Waals surface area contributed by atoms with Gasteiger partial charge in [0.2, 0.25) is 5.91 Å². The number of rotatable bonds is 5. The van der Waals surface area contributed by atoms with Gasteiger partial charge in [0.1, 0.15) is 6.61 Å². The van der Waals surface area contributed by atoms with Gasteiger partial charge in [-0.25, -0.2) is 4.79 Å². The number of carbonyl (C=O) groups excluding carboxylic acids is 2. The maximum absolute atomic E-state index is 12.5. The van der Waals surface area contributed by atoms with Crippen LogP contribution in [0.4, 0.5) is 4.79 Å². The van der Waals surface area contributed by atoms with Crippen LogP contribution in [-0.4, -0.2) is 53.7 Å². The SMILES string of the molecule is O=C(NC1CCC(C(=O)N2CC(C(=O)O)C2)CC1)OCC1c2ccccc2-c2ccccc21. The molecule has 2 amide bonds. The zero-order valence-electron chi connectivity index (χ0n) is 18.4. The van der Waals surface area contributed by atoms with Crippen LogP contribution in [0.3, 0.4) is 0 Å². The summed E-state index contributed by atoms with van der Waals surface area (Å²) < 4.78 is 5.63. The van der Waals surface area contributed by atoms with Crippen LogP contribution in [0.25, 0.3) is 11.1 Å². The minimum Gasteiger partial charge on any atom is -0.481 e. The number of carboxylic acids is 1. The highest BCUT2D eigenvalue weighted by molar-refractivity contribution is 5.83. The van der Waals surface area contributed by atoms with Gasteiger partial charge in [0.05, 0.1) is 5.92 Å². The van der Waals surface area contributed by atoms with Crippen molar-refractivity contribution in [2.75, 3.05) is 19.7 Å². The molecular weight excluding hydrogens is 420 g/mol. The second kappa shape index (κ2) is 8.89. The van der Waals surface area contributed by atoms with Crippen LogP contribution in [0, 0.1) is 11.8 Å². The molecule has 5 rings (SSSR count). The lowest BCUT2D eigenvalue weighted by Gasteiger charge is -2.40. The van der Waals surface area contributed by atoms with Crippen molar-refractivity contribution in [3.05, 3.63) is 59.7 Å². The molecule has 2 N–H and O–H groups in total. The van der Waals surface area contributed by atoms with Gasteiger partial charge in [-0.15, -0.1) is 0 Å². The van der Waals surface area contributed by atoms with E-state index in [0.717, 1.165) is 12.8 Å². The highest BCUT2D eigenvalue weighted by Gasteiger charge is 2.39. The first kappa shape index (κ1) is 21.5. The van der Waals surface area contributed by atoms with Gasteiger partial charge in [-0.2, -0.15) is 0 Å². The van der Waals surface area contributed by atoms with Crippen LogP contribution < -0.4 is 5.32 Å². The Morgan fingerprint density at radius 2 is 1.45 bits per heavy atom. The number of carboxylic acid groups (broad SMARTS) is 1. The van der Waals surface area contributed by atoms with Crippen molar-refractivity contribution in [1.82, 2.24) is 10.2 Å². The molecule has 1 heterocycles. The lowest BCUT2D eigenvalue weighted by molar-refractivity contribution is -0.155. The van der Waals surface area contributed by atoms with E-state index in [9.17, 15) is 14.4 Å². The highest BCUT2D eigenvalue weighted by atomic mass is 16.5. The maximum Gasteiger partial charge on any atom is 0.407 e. The molecule has 3 aliphatic rings. The normalized spacial score (nSPS) is 22.1. The van der Waals surface area contributed by atoms with Crippen molar-refractivity contribution in [1.29, 1.82) is 0 Å². The molecule has 0 radical (unpaired) electrons. The van der Waals surface area contributed by atoms with Crippen molar-refractivity contribution in [3.8, 4) is 11.1 Å². The van der Waals surface area contributed by atoms with Gasteiger partial charge in [0, 0.05) is 31.0 Å². The molecule has 0 aromatic heterocycles. The molecule has 2 fully saturated rings. The average molecular weight is 449 g/mol. The predicted octanol–water partition coefficient (Wildman–Crippen LogP) is 3.63. The standard InChI is InChI=1S/C26H28N2O5/c29-24(28-13-17(14-28)25(30)31)16-9-11-18(12-10-16)27-26(32)33-15-23-21-7-3-1-5-19(21)20-6-2-4-8-22(20)23/h1-8,16-18,23H,9-15H2,(H,27,32)(H,30,31). The maximum atomic E-state index is 12.5. The molecule has 0 atom stereocenters. The zero-order chi connectivity index (χ0) is 22.9. The minimum absolute atomic E-state index is 0.00661. The molecule has 0 spiro atoms. The summed E-state index contributed by atoms with van der Waals surface area (Å²) >= 11 is 0. The third-order valence-corrected chi connectivity index (χ3v) is 7.28. The van der Waals surface area contributed by atoms with Gasteiger partial charge in [-0.05, 0) is 47.9 Å². The Bertz CT molecular complexity index is 1020. The molecule has 1 saturated carbocycles. The summed E-state index contributed by atoms with van der Waals surface area (Å²) in [6.45, 7) is 0.908. The van der Waals surface area contributed by atoms with Crippen LogP contribution >= 0.6 is 0 Å². The topological polar surface area (TPSA) is 95.9 Å². The minimum atomic E-state index is -0.838. The molecule has 1 aliphatic heterocycles. The molecule has 0 bridgehead atoms. The first-order valence-corrected chi connectivity index (χ1v) is 11.6. The van der Waals surface area contributed by atoms with Gasteiger partial charge in [0.15, 0.2) is 0 Å². The second-order valence-electron chi connectivity index (χ2n) is 9.30. The van der Waals surface area contributed by atoms with E-state index in [0.29, 0.717) is 25.9 Å². The molecule has 172 valence electrons. The molecular formula is C26H28N2O5. The summed E-state index contributed by atoms with van der Waals surface area (Å²) in [4.78, 5) is 37.6. The Morgan fingerprint density at radius 3 is 2.03 bits per heavy atom. The van der Waals surface area contributed by atoms with Gasteiger partial charge in [-0.3, -0.25) is 9.59 Å². The van der Waals surface area contributed by atoms with E-state index in [-0.39, 0.29) is 30.4 Å². The Hall–Kier alpha value is -3.35. The molecule has 2 aromatic rings. The van der Waals surface area contributed by atoms with Gasteiger partial charge < -0.3 is 20.1 Å². The van der Waals surface area contributed by atoms with Crippen molar-refractivity contribution in [3.63, 3.8) is 0 Å². The van der Waals surface area contributed by atoms with Crippen LogP contribution in [0.15, 0.2) is 48.5 Å². The van der Waals surface area contributed by atoms with Gasteiger partial charge >= 0.3 is 12.1 Å². The number of nitrogens with zero attached hydrogens (tertiary/aromatic N) is 1. The number of hydrogen-bond donors (Lipinski definition) is 2. The number of ether oxygens (including phenoxy) is 1. The first-order valence-electron chi connectivity index (χ1n) is 11.6. The summed E-state index contributed by atoms with van der Waals surface area (Å²) in [5, 5.41) is 11.9. The fraction of sp³-hybridized carbons (Fsp3) is 0.423. The number of fused-ring (bicyclic) bond motifs is 3. The predicted molar refractivity (Wildman–Crippen MR) is 122 cm³/mol. The zero-order valence-corrected chi connectivity index (χ0v) is 18.4. The summed E-state index contributed by atoms with van der Waals surface area (Å²) in [6, 6.07) is 16.5.